The largest absolute Gasteiger partial charge is 0.374 e. The number of ether oxygens (including phenoxy) is 1. The second kappa shape index (κ2) is 5.86. The van der Waals surface area contributed by atoms with Crippen LogP contribution >= 0.6 is 0 Å². The minimum atomic E-state index is -0.614. The molecule has 1 aliphatic heterocycles. The Morgan fingerprint density at radius 1 is 1.25 bits per heavy atom. The van der Waals surface area contributed by atoms with Crippen molar-refractivity contribution in [3.8, 4) is 0 Å². The number of H-pyrrole nitrogens is 2. The van der Waals surface area contributed by atoms with Crippen molar-refractivity contribution < 1.29 is 9.53 Å². The Bertz CT molecular complexity index is 901. The van der Waals surface area contributed by atoms with Gasteiger partial charge in [0.25, 0.3) is 11.5 Å². The Hall–Kier alpha value is -2.48. The van der Waals surface area contributed by atoms with Crippen molar-refractivity contribution >= 4 is 16.9 Å². The number of nitrogens with one attached hydrogen (secondary N) is 2. The lowest BCUT2D eigenvalue weighted by atomic mass is 9.90. The molecule has 0 spiro atoms. The molecule has 2 N–H and O–H groups in total. The standard InChI is InChI=1S/C16H18N4O4/c21-14-10-7-9(8-17-13(10)18-16(23)19-14)15(22)20-5-6-24-12-4-2-1-3-11(12)20/h7-8,11-12H,1-6H2,(H2,17,18,19,21,23)/t11-,12+/m0/s1. The van der Waals surface area contributed by atoms with Crippen LogP contribution in [0.4, 0.5) is 0 Å². The number of carbonyl (C=O) groups excluding carboxylic acids is 1. The number of morpholine rings is 1. The molecule has 4 rings (SSSR count). The highest BCUT2D eigenvalue weighted by Crippen LogP contribution is 2.29. The summed E-state index contributed by atoms with van der Waals surface area (Å²) >= 11 is 0. The summed E-state index contributed by atoms with van der Waals surface area (Å²) < 4.78 is 5.80. The van der Waals surface area contributed by atoms with E-state index in [4.69, 9.17) is 4.74 Å². The van der Waals surface area contributed by atoms with E-state index in [9.17, 15) is 14.4 Å². The van der Waals surface area contributed by atoms with Gasteiger partial charge in [0.15, 0.2) is 0 Å². The number of carbonyl (C=O) groups is 1. The highest BCUT2D eigenvalue weighted by Gasteiger charge is 2.37. The predicted octanol–water partition coefficient (Wildman–Crippen LogP) is 0.395. The third kappa shape index (κ3) is 2.52. The number of hydrogen-bond acceptors (Lipinski definition) is 5. The quantitative estimate of drug-likeness (QED) is 0.786. The molecule has 1 saturated heterocycles. The van der Waals surface area contributed by atoms with E-state index in [0.717, 1.165) is 25.7 Å². The molecule has 1 amide bonds. The number of rotatable bonds is 1. The highest BCUT2D eigenvalue weighted by atomic mass is 16.5. The summed E-state index contributed by atoms with van der Waals surface area (Å²) in [5, 5.41) is 0.203. The van der Waals surface area contributed by atoms with Gasteiger partial charge in [-0.25, -0.2) is 9.78 Å². The minimum Gasteiger partial charge on any atom is -0.374 e. The smallest absolute Gasteiger partial charge is 0.327 e. The topological polar surface area (TPSA) is 108 Å². The molecular weight excluding hydrogens is 312 g/mol. The Morgan fingerprint density at radius 3 is 2.96 bits per heavy atom. The maximum absolute atomic E-state index is 12.9. The summed E-state index contributed by atoms with van der Waals surface area (Å²) in [5.74, 6) is -0.143. The number of pyridine rings is 1. The Morgan fingerprint density at radius 2 is 2.08 bits per heavy atom. The molecule has 0 bridgehead atoms. The number of aromatic nitrogens is 3. The number of aromatic amines is 2. The van der Waals surface area contributed by atoms with Crippen molar-refractivity contribution in [2.75, 3.05) is 13.2 Å². The van der Waals surface area contributed by atoms with Crippen LogP contribution in [0.3, 0.4) is 0 Å². The number of hydrogen-bond donors (Lipinski definition) is 2. The molecule has 0 unspecified atom stereocenters. The SMILES string of the molecule is O=C(c1cnc2[nH]c(=O)[nH]c(=O)c2c1)N1CCO[C@@H]2CCCC[C@@H]21. The van der Waals surface area contributed by atoms with Crippen LogP contribution in [0.2, 0.25) is 0 Å². The molecule has 0 radical (unpaired) electrons. The van der Waals surface area contributed by atoms with Gasteiger partial charge < -0.3 is 9.64 Å². The first kappa shape index (κ1) is 15.1. The molecule has 2 aliphatic rings. The second-order valence-electron chi connectivity index (χ2n) is 6.29. The van der Waals surface area contributed by atoms with E-state index in [-0.39, 0.29) is 29.1 Å². The normalized spacial score (nSPS) is 23.9. The fourth-order valence-corrected chi connectivity index (χ4v) is 3.68. The summed E-state index contributed by atoms with van der Waals surface area (Å²) in [4.78, 5) is 46.6. The summed E-state index contributed by atoms with van der Waals surface area (Å²) in [6.07, 6.45) is 5.64. The molecule has 126 valence electrons. The fraction of sp³-hybridized carbons (Fsp3) is 0.500. The van der Waals surface area contributed by atoms with Crippen molar-refractivity contribution in [1.82, 2.24) is 19.9 Å². The van der Waals surface area contributed by atoms with E-state index in [2.05, 4.69) is 15.0 Å². The molecule has 8 nitrogen and oxygen atoms in total. The molecule has 2 fully saturated rings. The fourth-order valence-electron chi connectivity index (χ4n) is 3.68. The second-order valence-corrected chi connectivity index (χ2v) is 6.29. The average Bonchev–Trinajstić information content (AvgIpc) is 2.60. The first-order valence-corrected chi connectivity index (χ1v) is 8.18. The molecule has 0 aromatic carbocycles. The molecule has 2 aromatic rings. The number of fused-ring (bicyclic) bond motifs is 2. The molecule has 2 atom stereocenters. The lowest BCUT2D eigenvalue weighted by molar-refractivity contribution is -0.0752. The van der Waals surface area contributed by atoms with Gasteiger partial charge in [0.05, 0.1) is 29.7 Å². The van der Waals surface area contributed by atoms with Crippen molar-refractivity contribution in [2.45, 2.75) is 37.8 Å². The summed E-state index contributed by atoms with van der Waals surface area (Å²) in [5.41, 5.74) is -0.630. The first-order valence-electron chi connectivity index (χ1n) is 8.18. The van der Waals surface area contributed by atoms with Crippen molar-refractivity contribution in [3.05, 3.63) is 38.7 Å². The van der Waals surface area contributed by atoms with E-state index < -0.39 is 11.2 Å². The molecular formula is C16H18N4O4. The third-order valence-electron chi connectivity index (χ3n) is 4.83. The maximum Gasteiger partial charge on any atom is 0.327 e. The van der Waals surface area contributed by atoms with Crippen LogP contribution in [-0.2, 0) is 4.74 Å². The summed E-state index contributed by atoms with van der Waals surface area (Å²) in [6, 6.07) is 1.58. The van der Waals surface area contributed by atoms with Crippen molar-refractivity contribution in [3.63, 3.8) is 0 Å². The lowest BCUT2D eigenvalue weighted by Gasteiger charge is -2.43. The van der Waals surface area contributed by atoms with Crippen molar-refractivity contribution in [1.29, 1.82) is 0 Å². The molecule has 2 aromatic heterocycles. The zero-order valence-electron chi connectivity index (χ0n) is 13.1. The van der Waals surface area contributed by atoms with E-state index in [0.29, 0.717) is 18.7 Å². The predicted molar refractivity (Wildman–Crippen MR) is 86.0 cm³/mol. The van der Waals surface area contributed by atoms with Gasteiger partial charge in [-0.3, -0.25) is 19.6 Å². The van der Waals surface area contributed by atoms with E-state index in [1.54, 1.807) is 0 Å². The van der Waals surface area contributed by atoms with Crippen LogP contribution in [-0.4, -0.2) is 51.1 Å². The number of nitrogens with zero attached hydrogens (tertiary/aromatic N) is 2. The lowest BCUT2D eigenvalue weighted by Crippen LogP contribution is -2.54. The highest BCUT2D eigenvalue weighted by molar-refractivity contribution is 5.97. The third-order valence-corrected chi connectivity index (χ3v) is 4.83. The zero-order valence-corrected chi connectivity index (χ0v) is 13.1. The van der Waals surface area contributed by atoms with Crippen LogP contribution < -0.4 is 11.2 Å². The molecule has 24 heavy (non-hydrogen) atoms. The average molecular weight is 330 g/mol. The van der Waals surface area contributed by atoms with Crippen LogP contribution in [0, 0.1) is 0 Å². The van der Waals surface area contributed by atoms with Gasteiger partial charge in [-0.2, -0.15) is 0 Å². The Labute approximate surface area is 136 Å². The van der Waals surface area contributed by atoms with Gasteiger partial charge in [0.2, 0.25) is 0 Å². The zero-order chi connectivity index (χ0) is 16.7. The molecule has 3 heterocycles. The van der Waals surface area contributed by atoms with Gasteiger partial charge in [-0.1, -0.05) is 12.8 Å². The Kier molecular flexibility index (Phi) is 3.68. The van der Waals surface area contributed by atoms with Crippen LogP contribution in [0.1, 0.15) is 36.0 Å². The van der Waals surface area contributed by atoms with Crippen LogP contribution in [0.15, 0.2) is 21.9 Å². The van der Waals surface area contributed by atoms with Gasteiger partial charge in [-0.05, 0) is 18.9 Å². The van der Waals surface area contributed by atoms with E-state index >= 15 is 0 Å². The molecule has 1 saturated carbocycles. The first-order chi connectivity index (χ1) is 11.6. The monoisotopic (exact) mass is 330 g/mol. The van der Waals surface area contributed by atoms with Gasteiger partial charge in [0, 0.05) is 12.7 Å². The number of amides is 1. The minimum absolute atomic E-state index is 0.0876. The summed E-state index contributed by atoms with van der Waals surface area (Å²) in [7, 11) is 0. The molecule has 1 aliphatic carbocycles. The van der Waals surface area contributed by atoms with Crippen LogP contribution in [0.25, 0.3) is 11.0 Å². The molecule has 8 heteroatoms. The Balaban J connectivity index is 1.70. The maximum atomic E-state index is 12.9. The van der Waals surface area contributed by atoms with E-state index in [1.165, 1.54) is 12.3 Å². The van der Waals surface area contributed by atoms with Crippen LogP contribution in [0.5, 0.6) is 0 Å². The van der Waals surface area contributed by atoms with E-state index in [1.807, 2.05) is 4.90 Å². The van der Waals surface area contributed by atoms with Gasteiger partial charge >= 0.3 is 5.69 Å². The summed E-state index contributed by atoms with van der Waals surface area (Å²) in [6.45, 7) is 1.07. The van der Waals surface area contributed by atoms with Gasteiger partial charge in [0.1, 0.15) is 5.65 Å². The van der Waals surface area contributed by atoms with Crippen molar-refractivity contribution in [2.24, 2.45) is 0 Å². The van der Waals surface area contributed by atoms with Gasteiger partial charge in [-0.15, -0.1) is 0 Å².